The molecule has 1 heterocycles. The molecule has 0 aliphatic rings. The van der Waals surface area contributed by atoms with E-state index >= 15 is 0 Å². The van der Waals surface area contributed by atoms with Crippen molar-refractivity contribution in [2.75, 3.05) is 13.1 Å². The zero-order valence-electron chi connectivity index (χ0n) is 13.4. The van der Waals surface area contributed by atoms with Gasteiger partial charge in [0.05, 0.1) is 5.69 Å². The van der Waals surface area contributed by atoms with Gasteiger partial charge in [0.2, 0.25) is 0 Å². The van der Waals surface area contributed by atoms with Gasteiger partial charge in [0.25, 0.3) is 0 Å². The van der Waals surface area contributed by atoms with Crippen LogP contribution in [0.2, 0.25) is 5.02 Å². The second-order valence-corrected chi connectivity index (χ2v) is 6.24. The Morgan fingerprint density at radius 3 is 2.61 bits per heavy atom. The van der Waals surface area contributed by atoms with Gasteiger partial charge in [-0.05, 0) is 36.6 Å². The molecule has 6 heteroatoms. The normalized spacial score (nSPS) is 10.8. The van der Waals surface area contributed by atoms with Gasteiger partial charge in [-0.25, -0.2) is 4.79 Å². The highest BCUT2D eigenvalue weighted by molar-refractivity contribution is 6.30. The molecule has 2 aromatic rings. The zero-order chi connectivity index (χ0) is 16.7. The van der Waals surface area contributed by atoms with Gasteiger partial charge < -0.3 is 15.2 Å². The van der Waals surface area contributed by atoms with Crippen LogP contribution in [0.15, 0.2) is 34.9 Å². The Morgan fingerprint density at radius 2 is 1.91 bits per heavy atom. The zero-order valence-corrected chi connectivity index (χ0v) is 14.2. The van der Waals surface area contributed by atoms with Gasteiger partial charge in [0, 0.05) is 36.2 Å². The summed E-state index contributed by atoms with van der Waals surface area (Å²) in [5.74, 6) is 1.27. The van der Waals surface area contributed by atoms with Gasteiger partial charge >= 0.3 is 6.03 Å². The number of hydrogen-bond acceptors (Lipinski definition) is 3. The monoisotopic (exact) mass is 335 g/mol. The summed E-state index contributed by atoms with van der Waals surface area (Å²) in [6, 6.07) is 9.11. The van der Waals surface area contributed by atoms with Gasteiger partial charge in [-0.15, -0.1) is 0 Å². The Hall–Kier alpha value is -2.01. The number of carbonyl (C=O) groups excluding carboxylic acids is 1. The Morgan fingerprint density at radius 1 is 1.22 bits per heavy atom. The maximum absolute atomic E-state index is 11.6. The number of amides is 2. The molecule has 2 N–H and O–H groups in total. The number of halogens is 1. The molecular formula is C17H22ClN3O2. The molecule has 124 valence electrons. The third-order valence-corrected chi connectivity index (χ3v) is 3.61. The van der Waals surface area contributed by atoms with E-state index in [1.54, 1.807) is 0 Å². The molecule has 0 aliphatic carbocycles. The predicted molar refractivity (Wildman–Crippen MR) is 91.5 cm³/mol. The first-order valence-electron chi connectivity index (χ1n) is 7.78. The standard InChI is InChI=1S/C17H22ClN3O2/c1-12(2)7-9-19-17(22)20-10-8-15-11-16(23-21-15)13-3-5-14(18)6-4-13/h3-6,11-12H,7-10H2,1-2H3,(H2,19,20,22). The number of benzene rings is 1. The van der Waals surface area contributed by atoms with Crippen LogP contribution in [0.25, 0.3) is 11.3 Å². The number of urea groups is 1. The van der Waals surface area contributed by atoms with Gasteiger partial charge in [-0.1, -0.05) is 30.6 Å². The van der Waals surface area contributed by atoms with Crippen molar-refractivity contribution in [2.45, 2.75) is 26.7 Å². The van der Waals surface area contributed by atoms with E-state index in [2.05, 4.69) is 29.6 Å². The first kappa shape index (κ1) is 17.3. The molecule has 2 amide bonds. The Balaban J connectivity index is 1.74. The molecule has 23 heavy (non-hydrogen) atoms. The Bertz CT molecular complexity index is 623. The quantitative estimate of drug-likeness (QED) is 0.806. The van der Waals surface area contributed by atoms with Gasteiger partial charge in [0.1, 0.15) is 0 Å². The van der Waals surface area contributed by atoms with Crippen molar-refractivity contribution in [1.82, 2.24) is 15.8 Å². The van der Waals surface area contributed by atoms with Crippen molar-refractivity contribution in [3.05, 3.63) is 41.0 Å². The van der Waals surface area contributed by atoms with Crippen LogP contribution in [0.5, 0.6) is 0 Å². The van der Waals surface area contributed by atoms with Crippen LogP contribution in [-0.4, -0.2) is 24.3 Å². The van der Waals surface area contributed by atoms with Crippen LogP contribution >= 0.6 is 11.6 Å². The molecule has 0 aliphatic heterocycles. The molecule has 0 saturated heterocycles. The topological polar surface area (TPSA) is 67.2 Å². The average molecular weight is 336 g/mol. The highest BCUT2D eigenvalue weighted by Crippen LogP contribution is 2.22. The molecular weight excluding hydrogens is 314 g/mol. The second kappa shape index (κ2) is 8.58. The third-order valence-electron chi connectivity index (χ3n) is 3.36. The lowest BCUT2D eigenvalue weighted by Crippen LogP contribution is -2.37. The summed E-state index contributed by atoms with van der Waals surface area (Å²) in [7, 11) is 0. The van der Waals surface area contributed by atoms with Crippen molar-refractivity contribution in [1.29, 1.82) is 0 Å². The van der Waals surface area contributed by atoms with Crippen molar-refractivity contribution in [2.24, 2.45) is 5.92 Å². The third kappa shape index (κ3) is 5.94. The Kier molecular flexibility index (Phi) is 6.47. The molecule has 1 aromatic heterocycles. The first-order valence-corrected chi connectivity index (χ1v) is 8.15. The van der Waals surface area contributed by atoms with Gasteiger partial charge in [0.15, 0.2) is 5.76 Å². The van der Waals surface area contributed by atoms with Gasteiger partial charge in [-0.2, -0.15) is 0 Å². The number of nitrogens with one attached hydrogen (secondary N) is 2. The fraction of sp³-hybridized carbons (Fsp3) is 0.412. The summed E-state index contributed by atoms with van der Waals surface area (Å²) in [6.07, 6.45) is 1.59. The molecule has 5 nitrogen and oxygen atoms in total. The van der Waals surface area contributed by atoms with E-state index in [9.17, 15) is 4.79 Å². The van der Waals surface area contributed by atoms with Crippen molar-refractivity contribution < 1.29 is 9.32 Å². The minimum absolute atomic E-state index is 0.146. The fourth-order valence-corrected chi connectivity index (χ4v) is 2.15. The van der Waals surface area contributed by atoms with E-state index in [1.165, 1.54) is 0 Å². The smallest absolute Gasteiger partial charge is 0.314 e. The number of rotatable bonds is 7. The fourth-order valence-electron chi connectivity index (χ4n) is 2.02. The SMILES string of the molecule is CC(C)CCNC(=O)NCCc1cc(-c2ccc(Cl)cc2)on1. The summed E-state index contributed by atoms with van der Waals surface area (Å²) in [4.78, 5) is 11.6. The van der Waals surface area contributed by atoms with Crippen molar-refractivity contribution in [3.8, 4) is 11.3 Å². The van der Waals surface area contributed by atoms with Crippen LogP contribution < -0.4 is 10.6 Å². The van der Waals surface area contributed by atoms with Crippen LogP contribution in [-0.2, 0) is 6.42 Å². The number of carbonyl (C=O) groups is 1. The van der Waals surface area contributed by atoms with Crippen LogP contribution in [0.3, 0.4) is 0 Å². The lowest BCUT2D eigenvalue weighted by Gasteiger charge is -2.08. The molecule has 0 atom stereocenters. The number of aromatic nitrogens is 1. The minimum atomic E-state index is -0.146. The lowest BCUT2D eigenvalue weighted by molar-refractivity contribution is 0.240. The maximum Gasteiger partial charge on any atom is 0.314 e. The molecule has 2 rings (SSSR count). The maximum atomic E-state index is 11.6. The molecule has 0 radical (unpaired) electrons. The summed E-state index contributed by atoms with van der Waals surface area (Å²) < 4.78 is 5.32. The van der Waals surface area contributed by atoms with Crippen LogP contribution in [0.1, 0.15) is 26.0 Å². The second-order valence-electron chi connectivity index (χ2n) is 5.80. The lowest BCUT2D eigenvalue weighted by atomic mass is 10.1. The molecule has 1 aromatic carbocycles. The highest BCUT2D eigenvalue weighted by Gasteiger charge is 2.07. The van der Waals surface area contributed by atoms with E-state index in [0.29, 0.717) is 36.2 Å². The molecule has 0 saturated carbocycles. The summed E-state index contributed by atoms with van der Waals surface area (Å²) in [5, 5.41) is 10.3. The van der Waals surface area contributed by atoms with E-state index in [-0.39, 0.29) is 6.03 Å². The van der Waals surface area contributed by atoms with Crippen LogP contribution in [0.4, 0.5) is 4.79 Å². The summed E-state index contributed by atoms with van der Waals surface area (Å²) in [6.45, 7) is 5.46. The highest BCUT2D eigenvalue weighted by atomic mass is 35.5. The first-order chi connectivity index (χ1) is 11.0. The van der Waals surface area contributed by atoms with Crippen molar-refractivity contribution >= 4 is 17.6 Å². The number of hydrogen-bond donors (Lipinski definition) is 2. The van der Waals surface area contributed by atoms with E-state index < -0.39 is 0 Å². The van der Waals surface area contributed by atoms with Crippen molar-refractivity contribution in [3.63, 3.8) is 0 Å². The largest absolute Gasteiger partial charge is 0.356 e. The number of nitrogens with zero attached hydrogens (tertiary/aromatic N) is 1. The van der Waals surface area contributed by atoms with E-state index in [4.69, 9.17) is 16.1 Å². The van der Waals surface area contributed by atoms with Crippen LogP contribution in [0, 0.1) is 5.92 Å². The molecule has 0 fully saturated rings. The predicted octanol–water partition coefficient (Wildman–Crippen LogP) is 3.88. The van der Waals surface area contributed by atoms with E-state index in [1.807, 2.05) is 30.3 Å². The molecule has 0 bridgehead atoms. The summed E-state index contributed by atoms with van der Waals surface area (Å²) >= 11 is 5.86. The minimum Gasteiger partial charge on any atom is -0.356 e. The summed E-state index contributed by atoms with van der Waals surface area (Å²) in [5.41, 5.74) is 1.73. The van der Waals surface area contributed by atoms with Gasteiger partial charge in [-0.3, -0.25) is 0 Å². The molecule has 0 unspecified atom stereocenters. The van der Waals surface area contributed by atoms with E-state index in [0.717, 1.165) is 17.7 Å². The Labute approximate surface area is 141 Å². The average Bonchev–Trinajstić information content (AvgIpc) is 2.96. The molecule has 0 spiro atoms.